The van der Waals surface area contributed by atoms with Crippen LogP contribution < -0.4 is 0 Å². The number of benzene rings is 1. The maximum absolute atomic E-state index is 12.8. The van der Waals surface area contributed by atoms with Crippen LogP contribution in [0, 0.1) is 0 Å². The van der Waals surface area contributed by atoms with E-state index >= 15 is 0 Å². The Morgan fingerprint density at radius 1 is 1.14 bits per heavy atom. The van der Waals surface area contributed by atoms with Crippen molar-refractivity contribution in [3.05, 3.63) is 47.2 Å². The van der Waals surface area contributed by atoms with Crippen molar-refractivity contribution >= 4 is 39.4 Å². The lowest BCUT2D eigenvalue weighted by molar-refractivity contribution is 0.0483. The number of rotatable bonds is 8. The van der Waals surface area contributed by atoms with Gasteiger partial charge in [0.05, 0.1) is 6.61 Å². The van der Waals surface area contributed by atoms with Crippen molar-refractivity contribution in [3.8, 4) is 0 Å². The van der Waals surface area contributed by atoms with Crippen LogP contribution >= 0.6 is 23.4 Å². The number of ether oxygens (including phenoxy) is 1. The minimum atomic E-state index is -3.77. The number of carbonyl (C=O) groups is 1. The third kappa shape index (κ3) is 5.76. The Labute approximate surface area is 180 Å². The Morgan fingerprint density at radius 3 is 2.48 bits per heavy atom. The first kappa shape index (κ1) is 22.2. The van der Waals surface area contributed by atoms with Gasteiger partial charge in [-0.25, -0.2) is 13.2 Å². The van der Waals surface area contributed by atoms with E-state index in [-0.39, 0.29) is 17.5 Å². The summed E-state index contributed by atoms with van der Waals surface area (Å²) < 4.78 is 37.0. The van der Waals surface area contributed by atoms with E-state index in [1.54, 1.807) is 18.7 Å². The fourth-order valence-electron chi connectivity index (χ4n) is 2.91. The van der Waals surface area contributed by atoms with Crippen LogP contribution in [0.2, 0.25) is 5.02 Å². The van der Waals surface area contributed by atoms with Gasteiger partial charge < -0.3 is 9.15 Å². The molecule has 0 N–H and O–H groups in total. The van der Waals surface area contributed by atoms with Crippen molar-refractivity contribution in [2.24, 2.45) is 0 Å². The molecule has 3 rings (SSSR count). The molecule has 1 aromatic carbocycles. The Morgan fingerprint density at radius 2 is 1.83 bits per heavy atom. The molecule has 1 fully saturated rings. The lowest BCUT2D eigenvalue weighted by Crippen LogP contribution is -2.49. The van der Waals surface area contributed by atoms with Gasteiger partial charge in [-0.1, -0.05) is 11.6 Å². The van der Waals surface area contributed by atoms with Gasteiger partial charge >= 0.3 is 5.97 Å². The quantitative estimate of drug-likeness (QED) is 0.443. The summed E-state index contributed by atoms with van der Waals surface area (Å²) in [6.45, 7) is 4.78. The molecule has 1 aliphatic rings. The molecule has 0 bridgehead atoms. The number of hydrogen-bond acceptors (Lipinski definition) is 7. The number of piperazine rings is 1. The predicted molar refractivity (Wildman–Crippen MR) is 112 cm³/mol. The molecule has 158 valence electrons. The molecule has 29 heavy (non-hydrogen) atoms. The maximum Gasteiger partial charge on any atom is 0.374 e. The Bertz CT molecular complexity index is 922. The highest BCUT2D eigenvalue weighted by molar-refractivity contribution is 7.99. The summed E-state index contributed by atoms with van der Waals surface area (Å²) in [4.78, 5) is 15.1. The topological polar surface area (TPSA) is 80.1 Å². The SMILES string of the molecule is CCOC(=O)c1ccc(S(=O)(=O)N2CCN(CCSc3ccc(Cl)cc3)CC2)o1. The molecule has 0 amide bonds. The summed E-state index contributed by atoms with van der Waals surface area (Å²) in [5.41, 5.74) is 0. The van der Waals surface area contributed by atoms with E-state index in [1.165, 1.54) is 16.4 Å². The Balaban J connectivity index is 1.49. The zero-order valence-corrected chi connectivity index (χ0v) is 18.4. The second-order valence-corrected chi connectivity index (χ2v) is 9.86. The highest BCUT2D eigenvalue weighted by Crippen LogP contribution is 2.22. The van der Waals surface area contributed by atoms with Crippen LogP contribution in [0.5, 0.6) is 0 Å². The molecule has 10 heteroatoms. The number of sulfonamides is 1. The number of hydrogen-bond donors (Lipinski definition) is 0. The number of furan rings is 1. The molecule has 7 nitrogen and oxygen atoms in total. The van der Waals surface area contributed by atoms with E-state index in [0.29, 0.717) is 26.2 Å². The van der Waals surface area contributed by atoms with Crippen LogP contribution in [0.1, 0.15) is 17.5 Å². The molecule has 0 spiro atoms. The molecular weight excluding hydrogens is 436 g/mol. The molecule has 0 radical (unpaired) electrons. The van der Waals surface area contributed by atoms with Crippen molar-refractivity contribution in [2.75, 3.05) is 45.1 Å². The highest BCUT2D eigenvalue weighted by Gasteiger charge is 2.31. The number of esters is 1. The molecule has 1 saturated heterocycles. The van der Waals surface area contributed by atoms with Gasteiger partial charge in [-0.3, -0.25) is 4.90 Å². The molecule has 2 heterocycles. The minimum absolute atomic E-state index is 0.108. The van der Waals surface area contributed by atoms with E-state index < -0.39 is 16.0 Å². The first-order chi connectivity index (χ1) is 13.9. The Kier molecular flexibility index (Phi) is 7.64. The van der Waals surface area contributed by atoms with Gasteiger partial charge in [0.1, 0.15) is 0 Å². The largest absolute Gasteiger partial charge is 0.460 e. The molecule has 0 aliphatic carbocycles. The van der Waals surface area contributed by atoms with Gasteiger partial charge in [-0.2, -0.15) is 4.31 Å². The number of halogens is 1. The molecule has 0 atom stereocenters. The fourth-order valence-corrected chi connectivity index (χ4v) is 5.29. The lowest BCUT2D eigenvalue weighted by atomic mass is 10.4. The van der Waals surface area contributed by atoms with Crippen molar-refractivity contribution in [2.45, 2.75) is 16.9 Å². The Hall–Kier alpha value is -1.52. The van der Waals surface area contributed by atoms with E-state index in [4.69, 9.17) is 20.8 Å². The summed E-state index contributed by atoms with van der Waals surface area (Å²) in [7, 11) is -3.77. The molecule has 0 unspecified atom stereocenters. The van der Waals surface area contributed by atoms with E-state index in [2.05, 4.69) is 4.90 Å². The predicted octanol–water partition coefficient (Wildman–Crippen LogP) is 3.21. The van der Waals surface area contributed by atoms with Crippen LogP contribution in [0.15, 0.2) is 50.8 Å². The molecule has 1 aromatic heterocycles. The van der Waals surface area contributed by atoms with E-state index in [0.717, 1.165) is 22.2 Å². The first-order valence-corrected chi connectivity index (χ1v) is 12.1. The van der Waals surface area contributed by atoms with Crippen molar-refractivity contribution in [3.63, 3.8) is 0 Å². The molecular formula is C19H23ClN2O5S2. The first-order valence-electron chi connectivity index (χ1n) is 9.28. The van der Waals surface area contributed by atoms with E-state index in [1.807, 2.05) is 24.3 Å². The fraction of sp³-hybridized carbons (Fsp3) is 0.421. The van der Waals surface area contributed by atoms with Gasteiger partial charge in [0, 0.05) is 48.4 Å². The van der Waals surface area contributed by atoms with Crippen LogP contribution in [0.3, 0.4) is 0 Å². The van der Waals surface area contributed by atoms with Gasteiger partial charge in [0.2, 0.25) is 10.9 Å². The summed E-state index contributed by atoms with van der Waals surface area (Å²) >= 11 is 7.64. The van der Waals surface area contributed by atoms with Crippen LogP contribution in [-0.4, -0.2) is 68.7 Å². The lowest BCUT2D eigenvalue weighted by Gasteiger charge is -2.33. The highest BCUT2D eigenvalue weighted by atomic mass is 35.5. The number of nitrogens with zero attached hydrogens (tertiary/aromatic N) is 2. The van der Waals surface area contributed by atoms with Crippen LogP contribution in [0.25, 0.3) is 0 Å². The second-order valence-electron chi connectivity index (χ2n) is 6.39. The van der Waals surface area contributed by atoms with Crippen molar-refractivity contribution < 1.29 is 22.4 Å². The van der Waals surface area contributed by atoms with Gasteiger partial charge in [0.25, 0.3) is 10.0 Å². The van der Waals surface area contributed by atoms with Crippen LogP contribution in [0.4, 0.5) is 0 Å². The van der Waals surface area contributed by atoms with Crippen LogP contribution in [-0.2, 0) is 14.8 Å². The summed E-state index contributed by atoms with van der Waals surface area (Å²) in [6, 6.07) is 10.4. The monoisotopic (exact) mass is 458 g/mol. The molecule has 2 aromatic rings. The third-order valence-electron chi connectivity index (χ3n) is 4.47. The normalized spacial score (nSPS) is 16.1. The average molecular weight is 459 g/mol. The van der Waals surface area contributed by atoms with Gasteiger partial charge in [-0.05, 0) is 43.3 Å². The standard InChI is InChI=1S/C19H23ClN2O5S2/c1-2-26-19(23)17-7-8-18(27-17)29(24,25)22-11-9-21(10-12-22)13-14-28-16-5-3-15(20)4-6-16/h3-8H,2,9-14H2,1H3. The third-order valence-corrected chi connectivity index (χ3v) is 7.49. The zero-order chi connectivity index (χ0) is 20.9. The maximum atomic E-state index is 12.8. The van der Waals surface area contributed by atoms with Gasteiger partial charge in [0.15, 0.2) is 0 Å². The second kappa shape index (κ2) is 9.99. The van der Waals surface area contributed by atoms with Crippen molar-refractivity contribution in [1.29, 1.82) is 0 Å². The zero-order valence-electron chi connectivity index (χ0n) is 16.0. The molecule has 1 aliphatic heterocycles. The number of carbonyl (C=O) groups excluding carboxylic acids is 1. The summed E-state index contributed by atoms with van der Waals surface area (Å²) in [5, 5.41) is 0.491. The smallest absolute Gasteiger partial charge is 0.374 e. The average Bonchev–Trinajstić information content (AvgIpc) is 3.21. The minimum Gasteiger partial charge on any atom is -0.460 e. The molecule has 0 saturated carbocycles. The van der Waals surface area contributed by atoms with E-state index in [9.17, 15) is 13.2 Å². The van der Waals surface area contributed by atoms with Crippen molar-refractivity contribution in [1.82, 2.24) is 9.21 Å². The number of thioether (sulfide) groups is 1. The summed E-state index contributed by atoms with van der Waals surface area (Å²) in [6.07, 6.45) is 0. The van der Waals surface area contributed by atoms with Gasteiger partial charge in [-0.15, -0.1) is 11.8 Å². The summed E-state index contributed by atoms with van der Waals surface area (Å²) in [5.74, 6) is 0.135.